The minimum atomic E-state index is -0.504. The zero-order chi connectivity index (χ0) is 18.1. The summed E-state index contributed by atoms with van der Waals surface area (Å²) >= 11 is 5.91. The minimum absolute atomic E-state index is 0.313. The molecule has 0 fully saturated rings. The van der Waals surface area contributed by atoms with Crippen LogP contribution in [0.2, 0.25) is 5.02 Å². The van der Waals surface area contributed by atoms with E-state index < -0.39 is 11.7 Å². The van der Waals surface area contributed by atoms with E-state index >= 15 is 0 Å². The van der Waals surface area contributed by atoms with Crippen LogP contribution in [0.5, 0.6) is 5.75 Å². The molecule has 0 atom stereocenters. The van der Waals surface area contributed by atoms with Crippen LogP contribution in [0.3, 0.4) is 0 Å². The topological polar surface area (TPSA) is 59.8 Å². The third-order valence-corrected chi connectivity index (χ3v) is 4.09. The molecule has 0 radical (unpaired) electrons. The maximum absolute atomic E-state index is 12.5. The van der Waals surface area contributed by atoms with Gasteiger partial charge in [-0.25, -0.2) is 9.59 Å². The number of rotatable bonds is 2. The van der Waals surface area contributed by atoms with Gasteiger partial charge in [-0.05, 0) is 42.3 Å². The molecular weight excluding hydrogens is 342 g/mol. The van der Waals surface area contributed by atoms with Gasteiger partial charge in [-0.1, -0.05) is 23.7 Å². The molecular formula is C19H16ClNO4. The van der Waals surface area contributed by atoms with E-state index in [2.05, 4.69) is 0 Å². The molecule has 0 aliphatic carbocycles. The number of carbonyl (C=O) groups is 1. The van der Waals surface area contributed by atoms with Crippen molar-refractivity contribution in [3.8, 4) is 16.9 Å². The van der Waals surface area contributed by atoms with E-state index in [4.69, 9.17) is 20.8 Å². The van der Waals surface area contributed by atoms with Gasteiger partial charge in [-0.2, -0.15) is 0 Å². The summed E-state index contributed by atoms with van der Waals surface area (Å²) in [5.74, 6) is 0.313. The Labute approximate surface area is 149 Å². The molecule has 0 saturated heterocycles. The molecule has 0 aliphatic rings. The molecule has 1 amide bonds. The van der Waals surface area contributed by atoms with E-state index in [1.807, 2.05) is 6.92 Å². The maximum atomic E-state index is 12.5. The second-order valence-corrected chi connectivity index (χ2v) is 6.25. The highest BCUT2D eigenvalue weighted by Gasteiger charge is 2.15. The Bertz CT molecular complexity index is 1010. The number of nitrogens with zero attached hydrogens (tertiary/aromatic N) is 1. The number of carbonyl (C=O) groups excluding carboxylic acids is 1. The van der Waals surface area contributed by atoms with E-state index in [9.17, 15) is 9.59 Å². The first-order chi connectivity index (χ1) is 11.9. The molecule has 3 aromatic rings. The van der Waals surface area contributed by atoms with E-state index in [1.165, 1.54) is 11.0 Å². The van der Waals surface area contributed by atoms with Gasteiger partial charge >= 0.3 is 11.7 Å². The third-order valence-electron chi connectivity index (χ3n) is 3.84. The van der Waals surface area contributed by atoms with Gasteiger partial charge in [0.05, 0.1) is 5.56 Å². The molecule has 5 nitrogen and oxygen atoms in total. The lowest BCUT2D eigenvalue weighted by Crippen LogP contribution is -2.25. The number of benzene rings is 2. The van der Waals surface area contributed by atoms with Crippen LogP contribution in [0, 0.1) is 6.92 Å². The van der Waals surface area contributed by atoms with Gasteiger partial charge in [-0.15, -0.1) is 0 Å². The highest BCUT2D eigenvalue weighted by Crippen LogP contribution is 2.29. The van der Waals surface area contributed by atoms with Crippen molar-refractivity contribution in [3.63, 3.8) is 0 Å². The lowest BCUT2D eigenvalue weighted by atomic mass is 10.00. The molecule has 0 spiro atoms. The van der Waals surface area contributed by atoms with E-state index in [0.717, 1.165) is 16.5 Å². The van der Waals surface area contributed by atoms with Gasteiger partial charge in [0, 0.05) is 30.6 Å². The van der Waals surface area contributed by atoms with Crippen molar-refractivity contribution in [2.45, 2.75) is 6.92 Å². The number of hydrogen-bond donors (Lipinski definition) is 0. The van der Waals surface area contributed by atoms with Crippen LogP contribution in [-0.4, -0.2) is 25.1 Å². The molecule has 0 unspecified atom stereocenters. The quantitative estimate of drug-likeness (QED) is 0.634. The molecule has 0 saturated carbocycles. The van der Waals surface area contributed by atoms with E-state index in [0.29, 0.717) is 21.9 Å². The van der Waals surface area contributed by atoms with Crippen LogP contribution < -0.4 is 10.4 Å². The minimum Gasteiger partial charge on any atom is -0.422 e. The Morgan fingerprint density at radius 3 is 2.44 bits per heavy atom. The number of hydrogen-bond acceptors (Lipinski definition) is 4. The molecule has 2 aromatic carbocycles. The Morgan fingerprint density at radius 1 is 1.12 bits per heavy atom. The van der Waals surface area contributed by atoms with Crippen LogP contribution in [0.25, 0.3) is 22.1 Å². The summed E-state index contributed by atoms with van der Waals surface area (Å²) in [6.07, 6.45) is -0.504. The zero-order valence-electron chi connectivity index (χ0n) is 14.0. The first kappa shape index (κ1) is 17.0. The van der Waals surface area contributed by atoms with Gasteiger partial charge < -0.3 is 14.1 Å². The maximum Gasteiger partial charge on any atom is 0.414 e. The zero-order valence-corrected chi connectivity index (χ0v) is 14.8. The summed E-state index contributed by atoms with van der Waals surface area (Å²) in [4.78, 5) is 25.4. The Balaban J connectivity index is 2.10. The predicted molar refractivity (Wildman–Crippen MR) is 97.4 cm³/mol. The molecule has 0 bridgehead atoms. The first-order valence-electron chi connectivity index (χ1n) is 7.59. The van der Waals surface area contributed by atoms with Crippen LogP contribution >= 0.6 is 11.6 Å². The summed E-state index contributed by atoms with van der Waals surface area (Å²) < 4.78 is 10.6. The van der Waals surface area contributed by atoms with Crippen LogP contribution in [0.1, 0.15) is 5.56 Å². The summed E-state index contributed by atoms with van der Waals surface area (Å²) in [6.45, 7) is 1.86. The number of halogens is 1. The molecule has 25 heavy (non-hydrogen) atoms. The normalized spacial score (nSPS) is 10.7. The summed E-state index contributed by atoms with van der Waals surface area (Å²) in [5, 5.41) is 1.37. The summed E-state index contributed by atoms with van der Waals surface area (Å²) in [7, 11) is 3.18. The second kappa shape index (κ2) is 6.61. The van der Waals surface area contributed by atoms with Crippen LogP contribution in [0.15, 0.2) is 51.7 Å². The van der Waals surface area contributed by atoms with Crippen molar-refractivity contribution >= 4 is 28.7 Å². The highest BCUT2D eigenvalue weighted by molar-refractivity contribution is 6.30. The number of aryl methyl sites for hydroxylation is 1. The van der Waals surface area contributed by atoms with Crippen LogP contribution in [-0.2, 0) is 0 Å². The van der Waals surface area contributed by atoms with Gasteiger partial charge in [0.25, 0.3) is 0 Å². The predicted octanol–water partition coefficient (Wildman–Crippen LogP) is 4.48. The SMILES string of the molecule is Cc1c(-c2ccc(Cl)cc2)c(=O)oc2cc(OC(=O)N(C)C)ccc12. The van der Waals surface area contributed by atoms with Gasteiger partial charge in [0.15, 0.2) is 0 Å². The number of ether oxygens (including phenoxy) is 1. The fourth-order valence-electron chi connectivity index (χ4n) is 2.54. The molecule has 6 heteroatoms. The van der Waals surface area contributed by atoms with E-state index in [-0.39, 0.29) is 0 Å². The fourth-order valence-corrected chi connectivity index (χ4v) is 2.67. The summed E-state index contributed by atoms with van der Waals surface area (Å²) in [5.41, 5.74) is 1.93. The molecule has 1 heterocycles. The van der Waals surface area contributed by atoms with Crippen LogP contribution in [0.4, 0.5) is 4.79 Å². The molecule has 128 valence electrons. The summed E-state index contributed by atoms with van der Waals surface area (Å²) in [6, 6.07) is 12.0. The largest absolute Gasteiger partial charge is 0.422 e. The van der Waals surface area contributed by atoms with Crippen molar-refractivity contribution in [3.05, 3.63) is 63.5 Å². The van der Waals surface area contributed by atoms with Crippen molar-refractivity contribution < 1.29 is 13.9 Å². The smallest absolute Gasteiger partial charge is 0.414 e. The van der Waals surface area contributed by atoms with Gasteiger partial charge in [-0.3, -0.25) is 0 Å². The van der Waals surface area contributed by atoms with Crippen molar-refractivity contribution in [2.75, 3.05) is 14.1 Å². The molecule has 0 N–H and O–H groups in total. The lowest BCUT2D eigenvalue weighted by Gasteiger charge is -2.12. The fraction of sp³-hybridized carbons (Fsp3) is 0.158. The average molecular weight is 358 g/mol. The molecule has 3 rings (SSSR count). The van der Waals surface area contributed by atoms with Crippen molar-refractivity contribution in [1.29, 1.82) is 0 Å². The molecule has 1 aromatic heterocycles. The average Bonchev–Trinajstić information content (AvgIpc) is 2.56. The monoisotopic (exact) mass is 357 g/mol. The standard InChI is InChI=1S/C19H16ClNO4/c1-11-15-9-8-14(24-19(23)21(2)3)10-16(15)25-18(22)17(11)12-4-6-13(20)7-5-12/h4-10H,1-3H3. The van der Waals surface area contributed by atoms with Crippen molar-refractivity contribution in [1.82, 2.24) is 4.90 Å². The number of amides is 1. The van der Waals surface area contributed by atoms with E-state index in [1.54, 1.807) is 50.5 Å². The Morgan fingerprint density at radius 2 is 1.80 bits per heavy atom. The van der Waals surface area contributed by atoms with Crippen molar-refractivity contribution in [2.24, 2.45) is 0 Å². The Kier molecular flexibility index (Phi) is 4.51. The highest BCUT2D eigenvalue weighted by atomic mass is 35.5. The Hall–Kier alpha value is -2.79. The number of fused-ring (bicyclic) bond motifs is 1. The first-order valence-corrected chi connectivity index (χ1v) is 7.97. The second-order valence-electron chi connectivity index (χ2n) is 5.82. The molecule has 0 aliphatic heterocycles. The van der Waals surface area contributed by atoms with Gasteiger partial charge in [0.1, 0.15) is 11.3 Å². The lowest BCUT2D eigenvalue weighted by molar-refractivity contribution is 0.172. The van der Waals surface area contributed by atoms with Gasteiger partial charge in [0.2, 0.25) is 0 Å². The third kappa shape index (κ3) is 3.37.